The average molecular weight is 447 g/mol. The van der Waals surface area contributed by atoms with Crippen LogP contribution >= 0.6 is 0 Å². The molecule has 2 fully saturated rings. The molecule has 2 aliphatic heterocycles. The summed E-state index contributed by atoms with van der Waals surface area (Å²) in [5.41, 5.74) is 2.89. The van der Waals surface area contributed by atoms with Gasteiger partial charge in [0.2, 0.25) is 5.91 Å². The van der Waals surface area contributed by atoms with Crippen LogP contribution < -0.4 is 0 Å². The first kappa shape index (κ1) is 22.0. The van der Waals surface area contributed by atoms with Gasteiger partial charge in [0.15, 0.2) is 0 Å². The van der Waals surface area contributed by atoms with Crippen LogP contribution in [0.5, 0.6) is 0 Å². The van der Waals surface area contributed by atoms with Crippen LogP contribution in [-0.4, -0.2) is 42.1 Å². The normalized spacial score (nSPS) is 20.6. The number of pyridine rings is 1. The highest BCUT2D eigenvalue weighted by molar-refractivity contribution is 5.83. The highest BCUT2D eigenvalue weighted by Gasteiger charge is 2.43. The maximum Gasteiger partial charge on any atom is 0.229 e. The molecular formula is C28H31FN2O2. The molecule has 1 unspecified atom stereocenters. The molecule has 2 aliphatic rings. The van der Waals surface area contributed by atoms with E-state index in [-0.39, 0.29) is 11.7 Å². The van der Waals surface area contributed by atoms with E-state index >= 15 is 0 Å². The van der Waals surface area contributed by atoms with Crippen molar-refractivity contribution in [2.75, 3.05) is 26.3 Å². The fourth-order valence-corrected chi connectivity index (χ4v) is 5.56. The Labute approximate surface area is 194 Å². The Morgan fingerprint density at radius 3 is 2.70 bits per heavy atom. The molecule has 0 N–H and O–H groups in total. The van der Waals surface area contributed by atoms with Gasteiger partial charge in [-0.2, -0.15) is 0 Å². The van der Waals surface area contributed by atoms with E-state index in [1.807, 2.05) is 24.4 Å². The van der Waals surface area contributed by atoms with Crippen molar-refractivity contribution in [3.63, 3.8) is 0 Å². The number of amides is 1. The summed E-state index contributed by atoms with van der Waals surface area (Å²) in [7, 11) is 0. The minimum absolute atomic E-state index is 0.241. The maximum absolute atomic E-state index is 13.9. The number of ether oxygens (including phenoxy) is 1. The molecule has 3 aromatic rings. The summed E-state index contributed by atoms with van der Waals surface area (Å²) < 4.78 is 19.0. The molecule has 2 aromatic carbocycles. The summed E-state index contributed by atoms with van der Waals surface area (Å²) in [6.45, 7) is 2.84. The Morgan fingerprint density at radius 2 is 1.88 bits per heavy atom. The fraction of sp³-hybridized carbons (Fsp3) is 0.429. The van der Waals surface area contributed by atoms with Crippen LogP contribution in [0.1, 0.15) is 36.8 Å². The number of likely N-dealkylation sites (tertiary alicyclic amines) is 1. The molecule has 1 amide bonds. The lowest BCUT2D eigenvalue weighted by atomic mass is 9.73. The van der Waals surface area contributed by atoms with Crippen LogP contribution in [0, 0.1) is 17.2 Å². The standard InChI is InChI=1S/C28H31FN2O2/c29-25-8-5-21(6-9-25)19-28(11-15-33-16-12-28)27(32)31-14-2-3-23(20-31)17-22-7-10-26-24(18-22)4-1-13-30-26/h1,4-10,13,18,23H,2-3,11-12,14-17,19-20H2. The molecule has 1 aromatic heterocycles. The number of fused-ring (bicyclic) bond motifs is 1. The van der Waals surface area contributed by atoms with Crippen molar-refractivity contribution in [2.24, 2.45) is 11.3 Å². The van der Waals surface area contributed by atoms with Crippen LogP contribution in [-0.2, 0) is 22.4 Å². The van der Waals surface area contributed by atoms with Gasteiger partial charge < -0.3 is 9.64 Å². The van der Waals surface area contributed by atoms with Crippen molar-refractivity contribution in [1.82, 2.24) is 9.88 Å². The second-order valence-electron chi connectivity index (χ2n) is 9.69. The Bertz CT molecular complexity index is 1110. The third-order valence-electron chi connectivity index (χ3n) is 7.36. The molecule has 172 valence electrons. The van der Waals surface area contributed by atoms with Crippen LogP contribution in [0.4, 0.5) is 4.39 Å². The van der Waals surface area contributed by atoms with Gasteiger partial charge in [0.1, 0.15) is 5.82 Å². The zero-order valence-electron chi connectivity index (χ0n) is 19.0. The molecule has 1 atom stereocenters. The maximum atomic E-state index is 13.9. The number of benzene rings is 2. The second-order valence-corrected chi connectivity index (χ2v) is 9.69. The molecule has 0 spiro atoms. The summed E-state index contributed by atoms with van der Waals surface area (Å²) in [6.07, 6.45) is 7.07. The van der Waals surface area contributed by atoms with E-state index in [1.165, 1.54) is 23.1 Å². The second kappa shape index (κ2) is 9.60. The lowest BCUT2D eigenvalue weighted by molar-refractivity contribution is -0.150. The van der Waals surface area contributed by atoms with Gasteiger partial charge in [0, 0.05) is 37.9 Å². The molecule has 0 radical (unpaired) electrons. The average Bonchev–Trinajstić information content (AvgIpc) is 2.86. The minimum atomic E-state index is -0.452. The number of piperidine rings is 1. The summed E-state index contributed by atoms with van der Waals surface area (Å²) in [6, 6.07) is 17.2. The molecule has 5 rings (SSSR count). The van der Waals surface area contributed by atoms with Crippen LogP contribution in [0.2, 0.25) is 0 Å². The largest absolute Gasteiger partial charge is 0.381 e. The number of carbonyl (C=O) groups excluding carboxylic acids is 1. The number of hydrogen-bond acceptors (Lipinski definition) is 3. The zero-order chi connectivity index (χ0) is 22.7. The minimum Gasteiger partial charge on any atom is -0.381 e. The summed E-state index contributed by atoms with van der Waals surface area (Å²) >= 11 is 0. The lowest BCUT2D eigenvalue weighted by Crippen LogP contribution is -2.51. The molecule has 0 aliphatic carbocycles. The van der Waals surface area contributed by atoms with E-state index in [1.54, 1.807) is 0 Å². The van der Waals surface area contributed by atoms with Gasteiger partial charge >= 0.3 is 0 Å². The lowest BCUT2D eigenvalue weighted by Gasteiger charge is -2.42. The van der Waals surface area contributed by atoms with E-state index in [0.29, 0.717) is 25.6 Å². The first-order valence-corrected chi connectivity index (χ1v) is 12.1. The van der Waals surface area contributed by atoms with E-state index in [9.17, 15) is 9.18 Å². The Hall–Kier alpha value is -2.79. The molecular weight excluding hydrogens is 415 g/mol. The number of aromatic nitrogens is 1. The number of rotatable bonds is 5. The Kier molecular flexibility index (Phi) is 6.41. The quantitative estimate of drug-likeness (QED) is 0.541. The van der Waals surface area contributed by atoms with Crippen molar-refractivity contribution >= 4 is 16.8 Å². The van der Waals surface area contributed by atoms with E-state index in [4.69, 9.17) is 4.74 Å². The fourth-order valence-electron chi connectivity index (χ4n) is 5.56. The van der Waals surface area contributed by atoms with Crippen LogP contribution in [0.3, 0.4) is 0 Å². The third kappa shape index (κ3) is 4.93. The number of halogens is 1. The molecule has 3 heterocycles. The number of hydrogen-bond donors (Lipinski definition) is 0. The van der Waals surface area contributed by atoms with E-state index in [0.717, 1.165) is 56.3 Å². The highest BCUT2D eigenvalue weighted by Crippen LogP contribution is 2.38. The van der Waals surface area contributed by atoms with E-state index < -0.39 is 5.41 Å². The van der Waals surface area contributed by atoms with Gasteiger partial charge in [-0.25, -0.2) is 4.39 Å². The SMILES string of the molecule is O=C(N1CCCC(Cc2ccc3ncccc3c2)C1)C1(Cc2ccc(F)cc2)CCOCC1. The summed E-state index contributed by atoms with van der Waals surface area (Å²) in [4.78, 5) is 20.4. The monoisotopic (exact) mass is 446 g/mol. The Balaban J connectivity index is 1.31. The zero-order valence-corrected chi connectivity index (χ0v) is 19.0. The van der Waals surface area contributed by atoms with Crippen molar-refractivity contribution < 1.29 is 13.9 Å². The number of carbonyl (C=O) groups is 1. The van der Waals surface area contributed by atoms with Crippen LogP contribution in [0.25, 0.3) is 10.9 Å². The molecule has 33 heavy (non-hydrogen) atoms. The predicted octanol–water partition coefficient (Wildman–Crippen LogP) is 5.19. The summed E-state index contributed by atoms with van der Waals surface area (Å²) in [5, 5.41) is 1.17. The number of nitrogens with zero attached hydrogens (tertiary/aromatic N) is 2. The molecule has 4 nitrogen and oxygen atoms in total. The molecule has 5 heteroatoms. The van der Waals surface area contributed by atoms with Crippen LogP contribution in [0.15, 0.2) is 60.8 Å². The van der Waals surface area contributed by atoms with Gasteiger partial charge in [-0.3, -0.25) is 9.78 Å². The smallest absolute Gasteiger partial charge is 0.229 e. The molecule has 2 saturated heterocycles. The van der Waals surface area contributed by atoms with Gasteiger partial charge in [-0.15, -0.1) is 0 Å². The predicted molar refractivity (Wildman–Crippen MR) is 127 cm³/mol. The molecule has 0 bridgehead atoms. The van der Waals surface area contributed by atoms with E-state index in [2.05, 4.69) is 34.1 Å². The van der Waals surface area contributed by atoms with Crippen molar-refractivity contribution in [2.45, 2.75) is 38.5 Å². The van der Waals surface area contributed by atoms with Crippen molar-refractivity contribution in [1.29, 1.82) is 0 Å². The van der Waals surface area contributed by atoms with Crippen molar-refractivity contribution in [3.8, 4) is 0 Å². The van der Waals surface area contributed by atoms with Gasteiger partial charge in [0.05, 0.1) is 10.9 Å². The first-order chi connectivity index (χ1) is 16.1. The third-order valence-corrected chi connectivity index (χ3v) is 7.36. The first-order valence-electron chi connectivity index (χ1n) is 12.1. The highest BCUT2D eigenvalue weighted by atomic mass is 19.1. The Morgan fingerprint density at radius 1 is 1.09 bits per heavy atom. The van der Waals surface area contributed by atoms with Crippen molar-refractivity contribution in [3.05, 3.63) is 77.7 Å². The van der Waals surface area contributed by atoms with Gasteiger partial charge in [0.25, 0.3) is 0 Å². The topological polar surface area (TPSA) is 42.4 Å². The van der Waals surface area contributed by atoms with Gasteiger partial charge in [-0.05, 0) is 85.9 Å². The molecule has 0 saturated carbocycles. The summed E-state index contributed by atoms with van der Waals surface area (Å²) in [5.74, 6) is 0.469. The van der Waals surface area contributed by atoms with Gasteiger partial charge in [-0.1, -0.05) is 24.3 Å².